The second-order valence-electron chi connectivity index (χ2n) is 3.50. The Hall–Kier alpha value is -1.53. The van der Waals surface area contributed by atoms with Gasteiger partial charge in [-0.25, -0.2) is 5.43 Å². The van der Waals surface area contributed by atoms with Crippen molar-refractivity contribution >= 4 is 34.8 Å². The number of hydrogen-bond acceptors (Lipinski definition) is 4. The molecule has 2 aromatic heterocycles. The number of hydrazone groups is 1. The van der Waals surface area contributed by atoms with Crippen molar-refractivity contribution in [3.63, 3.8) is 0 Å². The third kappa shape index (κ3) is 3.24. The molecule has 0 spiro atoms. The van der Waals surface area contributed by atoms with Crippen molar-refractivity contribution in [2.24, 2.45) is 5.10 Å². The number of amides is 1. The molecule has 0 fully saturated rings. The Morgan fingerprint density at radius 1 is 1.56 bits per heavy atom. The van der Waals surface area contributed by atoms with Crippen LogP contribution in [-0.4, -0.2) is 12.1 Å². The molecule has 0 bridgehead atoms. The molecule has 0 saturated heterocycles. The summed E-state index contributed by atoms with van der Waals surface area (Å²) in [6, 6.07) is 4.82. The van der Waals surface area contributed by atoms with Gasteiger partial charge in [-0.1, -0.05) is 6.92 Å². The van der Waals surface area contributed by atoms with Gasteiger partial charge in [0.1, 0.15) is 0 Å². The highest BCUT2D eigenvalue weighted by atomic mass is 32.1. The largest absolute Gasteiger partial charge is 0.272 e. The Balaban J connectivity index is 1.93. The van der Waals surface area contributed by atoms with Gasteiger partial charge in [0.15, 0.2) is 5.13 Å². The van der Waals surface area contributed by atoms with E-state index >= 15 is 0 Å². The van der Waals surface area contributed by atoms with E-state index in [2.05, 4.69) is 10.5 Å². The van der Waals surface area contributed by atoms with Crippen molar-refractivity contribution in [2.45, 2.75) is 13.3 Å². The van der Waals surface area contributed by atoms with Crippen molar-refractivity contribution in [3.8, 4) is 0 Å². The predicted molar refractivity (Wildman–Crippen MR) is 73.0 cm³/mol. The van der Waals surface area contributed by atoms with Crippen LogP contribution in [0.25, 0.3) is 0 Å². The fraction of sp³-hybridized carbons (Fsp3) is 0.167. The fourth-order valence-electron chi connectivity index (χ4n) is 1.30. The van der Waals surface area contributed by atoms with Gasteiger partial charge in [0.2, 0.25) is 0 Å². The van der Waals surface area contributed by atoms with E-state index in [1.807, 2.05) is 13.0 Å². The molecule has 6 heteroatoms. The molecule has 0 saturated carbocycles. The standard InChI is InChI=1S/C12H11FN2OS2/c1-2-9-5-8(7-17-9)12(16)15-14-6-10-3-4-11(13)18-10/h3-7H,2H2,1H3,(H,15,16)/b14-6-. The summed E-state index contributed by atoms with van der Waals surface area (Å²) in [5.74, 6) is -0.251. The van der Waals surface area contributed by atoms with Crippen LogP contribution in [0.1, 0.15) is 27.0 Å². The first kappa shape index (κ1) is 12.9. The number of hydrogen-bond donors (Lipinski definition) is 1. The minimum absolute atomic E-state index is 0.251. The van der Waals surface area contributed by atoms with Crippen molar-refractivity contribution in [1.29, 1.82) is 0 Å². The summed E-state index contributed by atoms with van der Waals surface area (Å²) in [5, 5.41) is 5.32. The monoisotopic (exact) mass is 282 g/mol. The third-order valence-corrected chi connectivity index (χ3v) is 4.11. The number of nitrogens with one attached hydrogen (secondary N) is 1. The van der Waals surface area contributed by atoms with Gasteiger partial charge in [-0.05, 0) is 24.6 Å². The number of rotatable bonds is 4. The first-order valence-electron chi connectivity index (χ1n) is 5.35. The molecule has 2 rings (SSSR count). The Bertz CT molecular complexity index is 574. The molecule has 2 heterocycles. The molecule has 1 N–H and O–H groups in total. The van der Waals surface area contributed by atoms with E-state index in [0.717, 1.165) is 22.6 Å². The number of thiophene rings is 2. The number of carbonyl (C=O) groups is 1. The maximum Gasteiger partial charge on any atom is 0.272 e. The average Bonchev–Trinajstić information content (AvgIpc) is 2.98. The lowest BCUT2D eigenvalue weighted by Crippen LogP contribution is -2.16. The van der Waals surface area contributed by atoms with E-state index in [1.165, 1.54) is 12.3 Å². The van der Waals surface area contributed by atoms with Crippen LogP contribution in [0.5, 0.6) is 0 Å². The Morgan fingerprint density at radius 2 is 2.39 bits per heavy atom. The van der Waals surface area contributed by atoms with Crippen molar-refractivity contribution in [2.75, 3.05) is 0 Å². The molecule has 0 aliphatic carbocycles. The highest BCUT2D eigenvalue weighted by Crippen LogP contribution is 2.15. The quantitative estimate of drug-likeness (QED) is 0.678. The topological polar surface area (TPSA) is 41.5 Å². The van der Waals surface area contributed by atoms with E-state index in [0.29, 0.717) is 10.4 Å². The van der Waals surface area contributed by atoms with Gasteiger partial charge in [0.25, 0.3) is 5.91 Å². The third-order valence-electron chi connectivity index (χ3n) is 2.22. The minimum Gasteiger partial charge on any atom is -0.267 e. The number of halogens is 1. The maximum absolute atomic E-state index is 12.7. The van der Waals surface area contributed by atoms with Crippen LogP contribution in [0.2, 0.25) is 0 Å². The predicted octanol–water partition coefficient (Wildman–Crippen LogP) is 3.28. The smallest absolute Gasteiger partial charge is 0.267 e. The van der Waals surface area contributed by atoms with Crippen molar-refractivity contribution in [1.82, 2.24) is 5.43 Å². The molecule has 2 aromatic rings. The van der Waals surface area contributed by atoms with Crippen LogP contribution in [0, 0.1) is 5.13 Å². The normalized spacial score (nSPS) is 11.0. The molecular weight excluding hydrogens is 271 g/mol. The summed E-state index contributed by atoms with van der Waals surface area (Å²) >= 11 is 2.53. The summed E-state index contributed by atoms with van der Waals surface area (Å²) in [5.41, 5.74) is 3.02. The molecule has 3 nitrogen and oxygen atoms in total. The molecular formula is C12H11FN2OS2. The first-order chi connectivity index (χ1) is 8.69. The lowest BCUT2D eigenvalue weighted by molar-refractivity contribution is 0.0955. The summed E-state index contributed by atoms with van der Waals surface area (Å²) in [6.07, 6.45) is 2.34. The van der Waals surface area contributed by atoms with Crippen LogP contribution in [0.4, 0.5) is 4.39 Å². The van der Waals surface area contributed by atoms with Gasteiger partial charge in [-0.15, -0.1) is 22.7 Å². The Morgan fingerprint density at radius 3 is 3.00 bits per heavy atom. The highest BCUT2D eigenvalue weighted by Gasteiger charge is 2.06. The van der Waals surface area contributed by atoms with E-state index in [9.17, 15) is 9.18 Å². The van der Waals surface area contributed by atoms with Crippen LogP contribution < -0.4 is 5.43 Å². The zero-order chi connectivity index (χ0) is 13.0. The lowest BCUT2D eigenvalue weighted by Gasteiger charge is -1.94. The molecule has 0 aliphatic heterocycles. The van der Waals surface area contributed by atoms with E-state index in [1.54, 1.807) is 22.8 Å². The van der Waals surface area contributed by atoms with Gasteiger partial charge in [-0.3, -0.25) is 4.79 Å². The van der Waals surface area contributed by atoms with Crippen LogP contribution in [0.15, 0.2) is 28.7 Å². The van der Waals surface area contributed by atoms with Crippen LogP contribution in [-0.2, 0) is 6.42 Å². The van der Waals surface area contributed by atoms with Crippen LogP contribution >= 0.6 is 22.7 Å². The molecule has 0 aromatic carbocycles. The second kappa shape index (κ2) is 5.88. The van der Waals surface area contributed by atoms with Gasteiger partial charge in [-0.2, -0.15) is 9.49 Å². The fourth-order valence-corrected chi connectivity index (χ4v) is 2.72. The summed E-state index contributed by atoms with van der Waals surface area (Å²) in [6.45, 7) is 2.04. The van der Waals surface area contributed by atoms with E-state index < -0.39 is 0 Å². The van der Waals surface area contributed by atoms with E-state index in [-0.39, 0.29) is 11.0 Å². The lowest BCUT2D eigenvalue weighted by atomic mass is 10.3. The van der Waals surface area contributed by atoms with Crippen molar-refractivity contribution in [3.05, 3.63) is 44.0 Å². The number of carbonyl (C=O) groups excluding carboxylic acids is 1. The SMILES string of the molecule is CCc1cc(C(=O)N/N=C\c2ccc(F)s2)cs1. The maximum atomic E-state index is 12.7. The second-order valence-corrected chi connectivity index (χ2v) is 5.56. The van der Waals surface area contributed by atoms with Gasteiger partial charge < -0.3 is 0 Å². The molecule has 0 unspecified atom stereocenters. The Labute approximate surface area is 112 Å². The Kier molecular flexibility index (Phi) is 4.22. The zero-order valence-corrected chi connectivity index (χ0v) is 11.3. The highest BCUT2D eigenvalue weighted by molar-refractivity contribution is 7.12. The summed E-state index contributed by atoms with van der Waals surface area (Å²) < 4.78 is 12.7. The molecule has 1 amide bonds. The molecule has 18 heavy (non-hydrogen) atoms. The van der Waals surface area contributed by atoms with Gasteiger partial charge in [0, 0.05) is 10.3 Å². The van der Waals surface area contributed by atoms with E-state index in [4.69, 9.17) is 0 Å². The summed E-state index contributed by atoms with van der Waals surface area (Å²) in [4.78, 5) is 13.5. The molecule has 0 aliphatic rings. The van der Waals surface area contributed by atoms with Crippen molar-refractivity contribution < 1.29 is 9.18 Å². The molecule has 0 atom stereocenters. The number of aryl methyl sites for hydroxylation is 1. The molecule has 94 valence electrons. The van der Waals surface area contributed by atoms with Gasteiger partial charge in [0.05, 0.1) is 16.7 Å². The zero-order valence-electron chi connectivity index (χ0n) is 9.64. The van der Waals surface area contributed by atoms with Crippen LogP contribution in [0.3, 0.4) is 0 Å². The first-order valence-corrected chi connectivity index (χ1v) is 7.05. The molecule has 0 radical (unpaired) electrons. The minimum atomic E-state index is -0.270. The summed E-state index contributed by atoms with van der Waals surface area (Å²) in [7, 11) is 0. The average molecular weight is 282 g/mol. The van der Waals surface area contributed by atoms with Gasteiger partial charge >= 0.3 is 0 Å². The number of nitrogens with zero attached hydrogens (tertiary/aromatic N) is 1.